The minimum absolute atomic E-state index is 0.0645. The number of Topliss-reactive ketones (excluding diaryl/α,β-unsaturated/α-hetero) is 1. The van der Waals surface area contributed by atoms with Crippen molar-refractivity contribution in [2.24, 2.45) is 0 Å². The van der Waals surface area contributed by atoms with E-state index in [9.17, 15) is 9.59 Å². The van der Waals surface area contributed by atoms with Crippen LogP contribution in [0.25, 0.3) is 0 Å². The fourth-order valence-corrected chi connectivity index (χ4v) is 3.00. The summed E-state index contributed by atoms with van der Waals surface area (Å²) in [5, 5.41) is 0.104. The lowest BCUT2D eigenvalue weighted by molar-refractivity contribution is -0.117. The van der Waals surface area contributed by atoms with E-state index < -0.39 is 20.0 Å². The third kappa shape index (κ3) is 5.09. The summed E-state index contributed by atoms with van der Waals surface area (Å²) in [6, 6.07) is -0.212. The fraction of sp³-hybridized carbons (Fsp3) is 0.875. The molecule has 5 nitrogen and oxygen atoms in total. The monoisotopic (exact) mass is 329 g/mol. The molecule has 0 N–H and O–H groups in total. The van der Waals surface area contributed by atoms with Gasteiger partial charge in [-0.05, 0) is 38.9 Å². The summed E-state index contributed by atoms with van der Waals surface area (Å²) in [5.74, 6) is 0.0645. The third-order valence-electron chi connectivity index (χ3n) is 4.32. The molecule has 1 rings (SSSR count). The van der Waals surface area contributed by atoms with Gasteiger partial charge in [0.2, 0.25) is 0 Å². The quantitative estimate of drug-likeness (QED) is 0.743. The van der Waals surface area contributed by atoms with Gasteiger partial charge in [-0.1, -0.05) is 20.8 Å². The van der Waals surface area contributed by atoms with Crippen LogP contribution in [0.3, 0.4) is 0 Å². The van der Waals surface area contributed by atoms with E-state index in [4.69, 9.17) is 9.16 Å². The molecule has 0 unspecified atom stereocenters. The molecule has 1 atom stereocenters. The highest BCUT2D eigenvalue weighted by molar-refractivity contribution is 6.74. The molecule has 1 amide bonds. The Labute approximate surface area is 135 Å². The number of carbonyl (C=O) groups excluding carboxylic acids is 2. The summed E-state index contributed by atoms with van der Waals surface area (Å²) in [7, 11) is -1.90. The Bertz CT molecular complexity index is 434. The van der Waals surface area contributed by atoms with Crippen molar-refractivity contribution in [2.45, 2.75) is 77.7 Å². The summed E-state index contributed by atoms with van der Waals surface area (Å²) in [4.78, 5) is 25.5. The van der Waals surface area contributed by atoms with Crippen molar-refractivity contribution < 1.29 is 18.8 Å². The highest BCUT2D eigenvalue weighted by atomic mass is 28.4. The molecule has 0 radical (unpaired) electrons. The number of likely N-dealkylation sites (tertiary alicyclic amines) is 1. The molecule has 1 aliphatic heterocycles. The Morgan fingerprint density at radius 1 is 1.23 bits per heavy atom. The topological polar surface area (TPSA) is 55.8 Å². The van der Waals surface area contributed by atoms with Gasteiger partial charge in [-0.3, -0.25) is 9.69 Å². The number of carbonyl (C=O) groups is 2. The smallest absolute Gasteiger partial charge is 0.411 e. The van der Waals surface area contributed by atoms with E-state index in [0.29, 0.717) is 13.0 Å². The molecule has 0 aromatic carbocycles. The molecule has 0 saturated carbocycles. The Balaban J connectivity index is 2.72. The summed E-state index contributed by atoms with van der Waals surface area (Å²) in [6.45, 7) is 16.9. The van der Waals surface area contributed by atoms with Crippen LogP contribution in [0.15, 0.2) is 0 Å². The molecule has 0 spiro atoms. The van der Waals surface area contributed by atoms with Crippen LogP contribution < -0.4 is 0 Å². The summed E-state index contributed by atoms with van der Waals surface area (Å²) in [6.07, 6.45) is -0.0735. The van der Waals surface area contributed by atoms with E-state index in [1.807, 2.05) is 20.8 Å². The molecule has 0 aliphatic carbocycles. The molecule has 1 saturated heterocycles. The van der Waals surface area contributed by atoms with Gasteiger partial charge in [-0.15, -0.1) is 0 Å². The van der Waals surface area contributed by atoms with E-state index in [1.54, 1.807) is 0 Å². The highest BCUT2D eigenvalue weighted by Crippen LogP contribution is 2.37. The average Bonchev–Trinajstić information content (AvgIpc) is 2.64. The van der Waals surface area contributed by atoms with Crippen LogP contribution in [0.5, 0.6) is 0 Å². The number of amides is 1. The van der Waals surface area contributed by atoms with E-state index in [-0.39, 0.29) is 23.4 Å². The maximum absolute atomic E-state index is 12.2. The van der Waals surface area contributed by atoms with Crippen molar-refractivity contribution in [2.75, 3.05) is 13.2 Å². The Hall–Kier alpha value is -0.883. The van der Waals surface area contributed by atoms with Crippen LogP contribution >= 0.6 is 0 Å². The van der Waals surface area contributed by atoms with Gasteiger partial charge in [0.25, 0.3) is 0 Å². The second-order valence-corrected chi connectivity index (χ2v) is 13.4. The third-order valence-corrected chi connectivity index (χ3v) is 8.82. The van der Waals surface area contributed by atoms with E-state index >= 15 is 0 Å². The fourth-order valence-electron chi connectivity index (χ4n) is 1.96. The van der Waals surface area contributed by atoms with Crippen molar-refractivity contribution in [3.63, 3.8) is 0 Å². The molecule has 6 heteroatoms. The van der Waals surface area contributed by atoms with Gasteiger partial charge in [-0.25, -0.2) is 4.79 Å². The first-order valence-corrected chi connectivity index (χ1v) is 10.8. The van der Waals surface area contributed by atoms with Crippen LogP contribution in [0.2, 0.25) is 18.1 Å². The van der Waals surface area contributed by atoms with Crippen LogP contribution in [-0.4, -0.2) is 49.9 Å². The van der Waals surface area contributed by atoms with Crippen LogP contribution in [-0.2, 0) is 14.0 Å². The van der Waals surface area contributed by atoms with Gasteiger partial charge in [0, 0.05) is 6.42 Å². The first-order chi connectivity index (χ1) is 9.73. The molecule has 128 valence electrons. The van der Waals surface area contributed by atoms with E-state index in [0.717, 1.165) is 0 Å². The van der Waals surface area contributed by atoms with Crippen LogP contribution in [0.4, 0.5) is 4.79 Å². The average molecular weight is 330 g/mol. The zero-order valence-electron chi connectivity index (χ0n) is 15.3. The van der Waals surface area contributed by atoms with Crippen molar-refractivity contribution in [1.82, 2.24) is 4.90 Å². The van der Waals surface area contributed by atoms with Crippen molar-refractivity contribution >= 4 is 20.2 Å². The molecular formula is C16H31NO4Si. The minimum Gasteiger partial charge on any atom is -0.444 e. The van der Waals surface area contributed by atoms with Gasteiger partial charge in [0.1, 0.15) is 5.60 Å². The second-order valence-electron chi connectivity index (χ2n) is 8.58. The number of rotatable bonds is 3. The Kier molecular flexibility index (Phi) is 5.50. The molecule has 0 aromatic rings. The van der Waals surface area contributed by atoms with Gasteiger partial charge in [-0.2, -0.15) is 0 Å². The van der Waals surface area contributed by atoms with E-state index in [2.05, 4.69) is 33.9 Å². The predicted octanol–water partition coefficient (Wildman–Crippen LogP) is 3.59. The highest BCUT2D eigenvalue weighted by Gasteiger charge is 2.41. The molecular weight excluding hydrogens is 298 g/mol. The largest absolute Gasteiger partial charge is 0.444 e. The SMILES string of the molecule is CC(C)(C)OC(=O)N1CC(=O)C[C@H]1CO[Si](C)(C)C(C)(C)C. The lowest BCUT2D eigenvalue weighted by Gasteiger charge is -2.38. The maximum atomic E-state index is 12.2. The molecule has 1 aliphatic rings. The van der Waals surface area contributed by atoms with Crippen molar-refractivity contribution in [1.29, 1.82) is 0 Å². The summed E-state index contributed by atoms with van der Waals surface area (Å²) in [5.41, 5.74) is -0.562. The molecule has 1 heterocycles. The van der Waals surface area contributed by atoms with Crippen molar-refractivity contribution in [3.8, 4) is 0 Å². The number of ether oxygens (including phenoxy) is 1. The zero-order valence-corrected chi connectivity index (χ0v) is 16.3. The number of hydrogen-bond acceptors (Lipinski definition) is 4. The van der Waals surface area contributed by atoms with Gasteiger partial charge < -0.3 is 9.16 Å². The first-order valence-electron chi connectivity index (χ1n) is 7.88. The lowest BCUT2D eigenvalue weighted by atomic mass is 10.2. The summed E-state index contributed by atoms with van der Waals surface area (Å²) >= 11 is 0. The van der Waals surface area contributed by atoms with Gasteiger partial charge in [0.05, 0.1) is 19.2 Å². The lowest BCUT2D eigenvalue weighted by Crippen LogP contribution is -2.46. The van der Waals surface area contributed by atoms with Gasteiger partial charge >= 0.3 is 6.09 Å². The zero-order chi connectivity index (χ0) is 17.3. The maximum Gasteiger partial charge on any atom is 0.411 e. The number of ketones is 1. The molecule has 0 aromatic heterocycles. The normalized spacial score (nSPS) is 20.5. The first kappa shape index (κ1) is 19.2. The van der Waals surface area contributed by atoms with E-state index in [1.165, 1.54) is 4.90 Å². The minimum atomic E-state index is -1.90. The second kappa shape index (κ2) is 6.32. The number of hydrogen-bond donors (Lipinski definition) is 0. The Morgan fingerprint density at radius 2 is 1.77 bits per heavy atom. The number of nitrogens with zero attached hydrogens (tertiary/aromatic N) is 1. The molecule has 1 fully saturated rings. The standard InChI is InChI=1S/C16H31NO4Si/c1-15(2,3)21-14(19)17-10-13(18)9-12(17)11-20-22(7,8)16(4,5)6/h12H,9-11H2,1-8H3/t12-/m0/s1. The van der Waals surface area contributed by atoms with Gasteiger partial charge in [0.15, 0.2) is 14.1 Å². The molecule has 22 heavy (non-hydrogen) atoms. The summed E-state index contributed by atoms with van der Waals surface area (Å²) < 4.78 is 11.6. The predicted molar refractivity (Wildman–Crippen MR) is 89.5 cm³/mol. The van der Waals surface area contributed by atoms with Crippen LogP contribution in [0, 0.1) is 0 Å². The van der Waals surface area contributed by atoms with Crippen molar-refractivity contribution in [3.05, 3.63) is 0 Å². The molecule has 0 bridgehead atoms. The van der Waals surface area contributed by atoms with Crippen LogP contribution in [0.1, 0.15) is 48.0 Å². The Morgan fingerprint density at radius 3 is 2.23 bits per heavy atom.